The zero-order chi connectivity index (χ0) is 6.27. The van der Waals surface area contributed by atoms with E-state index in [1.165, 1.54) is 6.42 Å². The van der Waals surface area contributed by atoms with Gasteiger partial charge in [-0.3, -0.25) is 0 Å². The number of hydrogen-bond donors (Lipinski definition) is 1. The molecule has 0 unspecified atom stereocenters. The molecule has 0 bridgehead atoms. The summed E-state index contributed by atoms with van der Waals surface area (Å²) in [4.78, 5) is 0. The second kappa shape index (κ2) is 1.96. The standard InChI is InChI=1S/C7H12O2/c8-7-1-2-9-4-5-3-6(5)7/h5-8H,1-4H2/t5-,6-,7-/m1/s1. The molecule has 0 amide bonds. The van der Waals surface area contributed by atoms with Crippen LogP contribution < -0.4 is 0 Å². The van der Waals surface area contributed by atoms with Crippen molar-refractivity contribution in [3.8, 4) is 0 Å². The molecular weight excluding hydrogens is 116 g/mol. The summed E-state index contributed by atoms with van der Waals surface area (Å²) in [6.07, 6.45) is 1.99. The second-order valence-corrected chi connectivity index (χ2v) is 3.09. The molecule has 1 N–H and O–H groups in total. The average molecular weight is 128 g/mol. The number of ether oxygens (including phenoxy) is 1. The second-order valence-electron chi connectivity index (χ2n) is 3.09. The lowest BCUT2D eigenvalue weighted by Gasteiger charge is -2.03. The molecule has 2 nitrogen and oxygen atoms in total. The van der Waals surface area contributed by atoms with Crippen molar-refractivity contribution in [3.63, 3.8) is 0 Å². The number of aliphatic hydroxyl groups excluding tert-OH is 1. The van der Waals surface area contributed by atoms with Crippen LogP contribution in [0.3, 0.4) is 0 Å². The van der Waals surface area contributed by atoms with E-state index >= 15 is 0 Å². The van der Waals surface area contributed by atoms with Gasteiger partial charge in [-0.1, -0.05) is 0 Å². The van der Waals surface area contributed by atoms with Gasteiger partial charge in [0, 0.05) is 13.2 Å². The van der Waals surface area contributed by atoms with Crippen molar-refractivity contribution >= 4 is 0 Å². The highest BCUT2D eigenvalue weighted by atomic mass is 16.5. The third-order valence-electron chi connectivity index (χ3n) is 2.36. The Hall–Kier alpha value is -0.0800. The minimum absolute atomic E-state index is 0.0579. The highest BCUT2D eigenvalue weighted by Gasteiger charge is 2.43. The first-order chi connectivity index (χ1) is 4.38. The molecule has 3 atom stereocenters. The van der Waals surface area contributed by atoms with Crippen LogP contribution in [-0.4, -0.2) is 24.4 Å². The zero-order valence-electron chi connectivity index (χ0n) is 5.42. The van der Waals surface area contributed by atoms with Gasteiger partial charge in [0.1, 0.15) is 0 Å². The molecule has 2 aliphatic rings. The van der Waals surface area contributed by atoms with Crippen molar-refractivity contribution in [1.82, 2.24) is 0 Å². The Morgan fingerprint density at radius 3 is 3.22 bits per heavy atom. The Bertz CT molecular complexity index is 113. The fourth-order valence-corrected chi connectivity index (χ4v) is 1.59. The smallest absolute Gasteiger partial charge is 0.0593 e. The van der Waals surface area contributed by atoms with Gasteiger partial charge in [0.05, 0.1) is 6.10 Å². The first kappa shape index (κ1) is 5.69. The van der Waals surface area contributed by atoms with Crippen molar-refractivity contribution in [2.24, 2.45) is 11.8 Å². The number of fused-ring (bicyclic) bond motifs is 1. The first-order valence-corrected chi connectivity index (χ1v) is 3.64. The summed E-state index contributed by atoms with van der Waals surface area (Å²) in [5, 5.41) is 9.32. The minimum atomic E-state index is -0.0579. The van der Waals surface area contributed by atoms with Gasteiger partial charge < -0.3 is 9.84 Å². The topological polar surface area (TPSA) is 29.5 Å². The summed E-state index contributed by atoms with van der Waals surface area (Å²) in [6, 6.07) is 0. The molecule has 0 aromatic heterocycles. The monoisotopic (exact) mass is 128 g/mol. The third-order valence-corrected chi connectivity index (χ3v) is 2.36. The lowest BCUT2D eigenvalue weighted by Crippen LogP contribution is -2.10. The highest BCUT2D eigenvalue weighted by Crippen LogP contribution is 2.43. The molecule has 1 aliphatic heterocycles. The van der Waals surface area contributed by atoms with Crippen LogP contribution in [0.15, 0.2) is 0 Å². The van der Waals surface area contributed by atoms with E-state index in [1.54, 1.807) is 0 Å². The largest absolute Gasteiger partial charge is 0.393 e. The maximum atomic E-state index is 9.32. The van der Waals surface area contributed by atoms with Crippen molar-refractivity contribution in [3.05, 3.63) is 0 Å². The highest BCUT2D eigenvalue weighted by molar-refractivity contribution is 4.92. The van der Waals surface area contributed by atoms with E-state index in [1.807, 2.05) is 0 Å². The van der Waals surface area contributed by atoms with Crippen LogP contribution in [0.1, 0.15) is 12.8 Å². The molecule has 2 fully saturated rings. The molecule has 1 saturated heterocycles. The van der Waals surface area contributed by atoms with E-state index in [2.05, 4.69) is 0 Å². The van der Waals surface area contributed by atoms with Gasteiger partial charge in [-0.25, -0.2) is 0 Å². The van der Waals surface area contributed by atoms with Gasteiger partial charge in [0.25, 0.3) is 0 Å². The molecule has 1 saturated carbocycles. The summed E-state index contributed by atoms with van der Waals surface area (Å²) in [6.45, 7) is 1.65. The average Bonchev–Trinajstić information content (AvgIpc) is 2.55. The summed E-state index contributed by atoms with van der Waals surface area (Å²) in [7, 11) is 0. The predicted molar refractivity (Wildman–Crippen MR) is 33.0 cm³/mol. The molecular formula is C7H12O2. The van der Waals surface area contributed by atoms with E-state index in [9.17, 15) is 5.11 Å². The Balaban J connectivity index is 1.96. The van der Waals surface area contributed by atoms with E-state index in [-0.39, 0.29) is 6.10 Å². The molecule has 0 aromatic carbocycles. The van der Waals surface area contributed by atoms with Crippen molar-refractivity contribution in [2.45, 2.75) is 18.9 Å². The van der Waals surface area contributed by atoms with Crippen LogP contribution >= 0.6 is 0 Å². The molecule has 2 rings (SSSR count). The Morgan fingerprint density at radius 2 is 2.33 bits per heavy atom. The summed E-state index contributed by atoms with van der Waals surface area (Å²) < 4.78 is 5.26. The van der Waals surface area contributed by atoms with Crippen LogP contribution in [0.5, 0.6) is 0 Å². The Kier molecular flexibility index (Phi) is 1.24. The van der Waals surface area contributed by atoms with Crippen LogP contribution in [0.2, 0.25) is 0 Å². The summed E-state index contributed by atoms with van der Waals surface area (Å²) >= 11 is 0. The van der Waals surface area contributed by atoms with Crippen LogP contribution in [0.4, 0.5) is 0 Å². The maximum absolute atomic E-state index is 9.32. The predicted octanol–water partition coefficient (Wildman–Crippen LogP) is 0.404. The van der Waals surface area contributed by atoms with Crippen molar-refractivity contribution < 1.29 is 9.84 Å². The van der Waals surface area contributed by atoms with Gasteiger partial charge in [0.15, 0.2) is 0 Å². The number of aliphatic hydroxyl groups is 1. The van der Waals surface area contributed by atoms with Crippen LogP contribution in [0.25, 0.3) is 0 Å². The molecule has 0 aromatic rings. The Morgan fingerprint density at radius 1 is 1.44 bits per heavy atom. The number of hydrogen-bond acceptors (Lipinski definition) is 2. The first-order valence-electron chi connectivity index (χ1n) is 3.64. The Labute approximate surface area is 54.8 Å². The molecule has 52 valence electrons. The van der Waals surface area contributed by atoms with Crippen molar-refractivity contribution in [2.75, 3.05) is 13.2 Å². The third kappa shape index (κ3) is 0.970. The van der Waals surface area contributed by atoms with Gasteiger partial charge in [0.2, 0.25) is 0 Å². The van der Waals surface area contributed by atoms with Gasteiger partial charge in [-0.05, 0) is 24.7 Å². The quantitative estimate of drug-likeness (QED) is 0.512. The molecule has 0 radical (unpaired) electrons. The molecule has 2 heteroatoms. The normalized spacial score (nSPS) is 49.7. The van der Waals surface area contributed by atoms with E-state index in [0.29, 0.717) is 11.8 Å². The van der Waals surface area contributed by atoms with E-state index in [4.69, 9.17) is 4.74 Å². The SMILES string of the molecule is O[C@@H]1CCOC[C@H]2C[C@H]21. The lowest BCUT2D eigenvalue weighted by molar-refractivity contribution is 0.0990. The van der Waals surface area contributed by atoms with E-state index in [0.717, 1.165) is 19.6 Å². The van der Waals surface area contributed by atoms with Crippen molar-refractivity contribution in [1.29, 1.82) is 0 Å². The van der Waals surface area contributed by atoms with Crippen LogP contribution in [0, 0.1) is 11.8 Å². The zero-order valence-corrected chi connectivity index (χ0v) is 5.42. The number of rotatable bonds is 0. The molecule has 1 aliphatic carbocycles. The fraction of sp³-hybridized carbons (Fsp3) is 1.00. The minimum Gasteiger partial charge on any atom is -0.393 e. The molecule has 9 heavy (non-hydrogen) atoms. The van der Waals surface area contributed by atoms with E-state index < -0.39 is 0 Å². The maximum Gasteiger partial charge on any atom is 0.0593 e. The summed E-state index contributed by atoms with van der Waals surface area (Å²) in [5.74, 6) is 1.29. The van der Waals surface area contributed by atoms with Crippen LogP contribution in [-0.2, 0) is 4.74 Å². The fourth-order valence-electron chi connectivity index (χ4n) is 1.59. The van der Waals surface area contributed by atoms with Gasteiger partial charge in [-0.15, -0.1) is 0 Å². The van der Waals surface area contributed by atoms with Gasteiger partial charge in [-0.2, -0.15) is 0 Å². The molecule has 1 heterocycles. The van der Waals surface area contributed by atoms with Gasteiger partial charge >= 0.3 is 0 Å². The summed E-state index contributed by atoms with van der Waals surface area (Å²) in [5.41, 5.74) is 0. The molecule has 0 spiro atoms. The lowest BCUT2D eigenvalue weighted by atomic mass is 10.1.